The van der Waals surface area contributed by atoms with E-state index in [0.29, 0.717) is 17.8 Å². The van der Waals surface area contributed by atoms with Gasteiger partial charge in [0.1, 0.15) is 0 Å². The largest absolute Gasteiger partial charge is 0.478 e. The van der Waals surface area contributed by atoms with Crippen molar-refractivity contribution in [2.24, 2.45) is 0 Å². The zero-order valence-electron chi connectivity index (χ0n) is 12.3. The molecule has 2 aromatic rings. The number of carbonyl (C=O) groups is 1. The summed E-state index contributed by atoms with van der Waals surface area (Å²) in [6.45, 7) is 5.00. The van der Waals surface area contributed by atoms with Crippen LogP contribution in [0.3, 0.4) is 0 Å². The van der Waals surface area contributed by atoms with E-state index in [0.717, 1.165) is 4.90 Å². The van der Waals surface area contributed by atoms with Crippen molar-refractivity contribution in [1.82, 2.24) is 0 Å². The molecular weight excluding hydrogens is 302 g/mol. The first-order valence-corrected chi connectivity index (χ1v) is 8.74. The summed E-state index contributed by atoms with van der Waals surface area (Å²) in [7, 11) is 0. The van der Waals surface area contributed by atoms with Crippen molar-refractivity contribution < 1.29 is 9.90 Å². The molecule has 112 valence electrons. The second-order valence-electron chi connectivity index (χ2n) is 5.40. The third kappa shape index (κ3) is 3.60. The maximum Gasteiger partial charge on any atom is 0.338 e. The highest BCUT2D eigenvalue weighted by atomic mass is 32.2. The average molecular weight is 321 g/mol. The minimum absolute atomic E-state index is 0.0424. The molecule has 0 radical (unpaired) electrons. The zero-order chi connectivity index (χ0) is 15.5. The van der Waals surface area contributed by atoms with Crippen LogP contribution in [0.5, 0.6) is 0 Å². The Morgan fingerprint density at radius 2 is 2.10 bits per heavy atom. The fourth-order valence-electron chi connectivity index (χ4n) is 2.14. The lowest BCUT2D eigenvalue weighted by Crippen LogP contribution is -2.27. The number of hydrogen-bond acceptors (Lipinski definition) is 4. The standard InChI is InChI=1S/C16H19NO2S2/c1-16(2,13-8-5-9-21-13)10-17-11-6-4-7-12(20-3)14(11)15(18)19/h4-9,17H,10H2,1-3H3,(H,18,19). The summed E-state index contributed by atoms with van der Waals surface area (Å²) in [4.78, 5) is 13.6. The van der Waals surface area contributed by atoms with Crippen molar-refractivity contribution in [3.63, 3.8) is 0 Å². The molecular formula is C16H19NO2S2. The van der Waals surface area contributed by atoms with Crippen LogP contribution in [0.4, 0.5) is 5.69 Å². The van der Waals surface area contributed by atoms with E-state index in [1.165, 1.54) is 16.6 Å². The lowest BCUT2D eigenvalue weighted by Gasteiger charge is -2.25. The number of hydrogen-bond donors (Lipinski definition) is 2. The van der Waals surface area contributed by atoms with Gasteiger partial charge in [-0.3, -0.25) is 0 Å². The molecule has 2 N–H and O–H groups in total. The van der Waals surface area contributed by atoms with Crippen LogP contribution in [0.25, 0.3) is 0 Å². The van der Waals surface area contributed by atoms with Gasteiger partial charge in [0.25, 0.3) is 0 Å². The van der Waals surface area contributed by atoms with Crippen LogP contribution in [-0.4, -0.2) is 23.9 Å². The van der Waals surface area contributed by atoms with Crippen LogP contribution in [0.15, 0.2) is 40.6 Å². The van der Waals surface area contributed by atoms with Gasteiger partial charge in [0.05, 0.1) is 5.56 Å². The van der Waals surface area contributed by atoms with E-state index in [9.17, 15) is 9.90 Å². The first kappa shape index (κ1) is 15.9. The Hall–Kier alpha value is -1.46. The van der Waals surface area contributed by atoms with Crippen molar-refractivity contribution in [2.75, 3.05) is 18.1 Å². The fourth-order valence-corrected chi connectivity index (χ4v) is 3.60. The molecule has 0 unspecified atom stereocenters. The topological polar surface area (TPSA) is 49.3 Å². The predicted molar refractivity (Wildman–Crippen MR) is 91.0 cm³/mol. The summed E-state index contributed by atoms with van der Waals surface area (Å²) in [6, 6.07) is 9.71. The molecule has 3 nitrogen and oxygen atoms in total. The first-order valence-electron chi connectivity index (χ1n) is 6.64. The summed E-state index contributed by atoms with van der Waals surface area (Å²) < 4.78 is 0. The molecule has 0 bridgehead atoms. The molecule has 0 aliphatic carbocycles. The molecule has 0 spiro atoms. The smallest absolute Gasteiger partial charge is 0.338 e. The molecule has 21 heavy (non-hydrogen) atoms. The molecule has 5 heteroatoms. The highest BCUT2D eigenvalue weighted by molar-refractivity contribution is 7.98. The predicted octanol–water partition coefficient (Wildman–Crippen LogP) is 4.56. The average Bonchev–Trinajstić information content (AvgIpc) is 2.99. The van der Waals surface area contributed by atoms with Gasteiger partial charge in [0, 0.05) is 27.4 Å². The first-order chi connectivity index (χ1) is 9.95. The van der Waals surface area contributed by atoms with Gasteiger partial charge in [-0.15, -0.1) is 23.1 Å². The SMILES string of the molecule is CSc1cccc(NCC(C)(C)c2cccs2)c1C(=O)O. The number of thioether (sulfide) groups is 1. The normalized spacial score (nSPS) is 11.4. The van der Waals surface area contributed by atoms with E-state index in [4.69, 9.17) is 0 Å². The molecule has 2 rings (SSSR count). The number of rotatable bonds is 6. The van der Waals surface area contributed by atoms with Crippen LogP contribution in [0, 0.1) is 0 Å². The number of nitrogens with one attached hydrogen (secondary N) is 1. The molecule has 0 saturated heterocycles. The lowest BCUT2D eigenvalue weighted by molar-refractivity contribution is 0.0694. The Balaban J connectivity index is 2.22. The van der Waals surface area contributed by atoms with E-state index in [1.807, 2.05) is 30.5 Å². The number of carboxylic acids is 1. The van der Waals surface area contributed by atoms with Crippen LogP contribution in [-0.2, 0) is 5.41 Å². The Morgan fingerprint density at radius 1 is 1.33 bits per heavy atom. The van der Waals surface area contributed by atoms with Crippen LogP contribution < -0.4 is 5.32 Å². The monoisotopic (exact) mass is 321 g/mol. The highest BCUT2D eigenvalue weighted by Gasteiger charge is 2.23. The van der Waals surface area contributed by atoms with Gasteiger partial charge < -0.3 is 10.4 Å². The van der Waals surface area contributed by atoms with Crippen molar-refractivity contribution in [2.45, 2.75) is 24.2 Å². The molecule has 0 amide bonds. The zero-order valence-corrected chi connectivity index (χ0v) is 14.0. The highest BCUT2D eigenvalue weighted by Crippen LogP contribution is 2.31. The van der Waals surface area contributed by atoms with E-state index in [2.05, 4.69) is 30.6 Å². The van der Waals surface area contributed by atoms with E-state index in [1.54, 1.807) is 11.3 Å². The van der Waals surface area contributed by atoms with E-state index < -0.39 is 5.97 Å². The van der Waals surface area contributed by atoms with Gasteiger partial charge in [-0.05, 0) is 29.8 Å². The van der Waals surface area contributed by atoms with Crippen LogP contribution >= 0.6 is 23.1 Å². The third-order valence-electron chi connectivity index (χ3n) is 3.37. The van der Waals surface area contributed by atoms with E-state index in [-0.39, 0.29) is 5.41 Å². The number of benzene rings is 1. The number of carboxylic acid groups (broad SMARTS) is 1. The quantitative estimate of drug-likeness (QED) is 0.766. The van der Waals surface area contributed by atoms with Gasteiger partial charge in [-0.2, -0.15) is 0 Å². The Morgan fingerprint density at radius 3 is 2.67 bits per heavy atom. The summed E-state index contributed by atoms with van der Waals surface area (Å²) in [6.07, 6.45) is 1.89. The van der Waals surface area contributed by atoms with E-state index >= 15 is 0 Å². The molecule has 1 aromatic carbocycles. The minimum Gasteiger partial charge on any atom is -0.478 e. The second-order valence-corrected chi connectivity index (χ2v) is 7.20. The molecule has 0 aliphatic rings. The Kier molecular flexibility index (Phi) is 4.96. The van der Waals surface area contributed by atoms with Gasteiger partial charge in [0.15, 0.2) is 0 Å². The summed E-state index contributed by atoms with van der Waals surface area (Å²) in [5.74, 6) is -0.892. The summed E-state index contributed by atoms with van der Waals surface area (Å²) in [5.41, 5.74) is 0.991. The summed E-state index contributed by atoms with van der Waals surface area (Å²) >= 11 is 3.17. The van der Waals surface area contributed by atoms with Gasteiger partial charge in [0.2, 0.25) is 0 Å². The molecule has 0 saturated carbocycles. The molecule has 1 heterocycles. The second kappa shape index (κ2) is 6.54. The third-order valence-corrected chi connectivity index (χ3v) is 5.38. The van der Waals surface area contributed by atoms with Crippen molar-refractivity contribution in [1.29, 1.82) is 0 Å². The number of thiophene rings is 1. The summed E-state index contributed by atoms with van der Waals surface area (Å²) in [5, 5.41) is 14.8. The molecule has 1 aromatic heterocycles. The van der Waals surface area contributed by atoms with Crippen molar-refractivity contribution in [3.05, 3.63) is 46.2 Å². The van der Waals surface area contributed by atoms with Gasteiger partial charge >= 0.3 is 5.97 Å². The minimum atomic E-state index is -0.892. The lowest BCUT2D eigenvalue weighted by atomic mass is 9.91. The maximum absolute atomic E-state index is 11.5. The van der Waals surface area contributed by atoms with Crippen LogP contribution in [0.2, 0.25) is 0 Å². The van der Waals surface area contributed by atoms with Crippen LogP contribution in [0.1, 0.15) is 29.1 Å². The van der Waals surface area contributed by atoms with Gasteiger partial charge in [-0.1, -0.05) is 26.0 Å². The Bertz CT molecular complexity index is 621. The molecule has 0 fully saturated rings. The number of anilines is 1. The fraction of sp³-hybridized carbons (Fsp3) is 0.312. The number of aromatic carboxylic acids is 1. The molecule has 0 aliphatic heterocycles. The van der Waals surface area contributed by atoms with Gasteiger partial charge in [-0.25, -0.2) is 4.79 Å². The maximum atomic E-state index is 11.5. The Labute approximate surface area is 133 Å². The van der Waals surface area contributed by atoms with Crippen molar-refractivity contribution in [3.8, 4) is 0 Å². The molecule has 0 atom stereocenters. The van der Waals surface area contributed by atoms with Crippen molar-refractivity contribution >= 4 is 34.8 Å².